The van der Waals surface area contributed by atoms with E-state index in [1.807, 2.05) is 0 Å². The monoisotopic (exact) mass is 157 g/mol. The van der Waals surface area contributed by atoms with Gasteiger partial charge in [0.15, 0.2) is 0 Å². The Hall–Kier alpha value is -0.370. The third-order valence-corrected chi connectivity index (χ3v) is 1.65. The van der Waals surface area contributed by atoms with Crippen LogP contribution in [-0.2, 0) is 4.74 Å². The predicted molar refractivity (Wildman–Crippen MR) is 48.4 cm³/mol. The Morgan fingerprint density at radius 1 is 1.27 bits per heavy atom. The van der Waals surface area contributed by atoms with Crippen LogP contribution in [0.1, 0.15) is 39.0 Å². The SMILES string of the molecule is CCCCCCC(=N)COC. The first-order chi connectivity index (χ1) is 5.31. The number of hydrogen-bond acceptors (Lipinski definition) is 2. The van der Waals surface area contributed by atoms with Crippen LogP contribution in [0, 0.1) is 5.41 Å². The van der Waals surface area contributed by atoms with E-state index >= 15 is 0 Å². The number of nitrogens with one attached hydrogen (secondary N) is 1. The second kappa shape index (κ2) is 7.73. The molecule has 0 aromatic carbocycles. The molecule has 0 aliphatic rings. The summed E-state index contributed by atoms with van der Waals surface area (Å²) >= 11 is 0. The van der Waals surface area contributed by atoms with Gasteiger partial charge in [0.1, 0.15) is 0 Å². The molecule has 0 heterocycles. The molecule has 0 aromatic rings. The average Bonchev–Trinajstić information content (AvgIpc) is 1.99. The maximum Gasteiger partial charge on any atom is 0.0837 e. The lowest BCUT2D eigenvalue weighted by atomic mass is 10.1. The van der Waals surface area contributed by atoms with Gasteiger partial charge in [-0.3, -0.25) is 0 Å². The first-order valence-electron chi connectivity index (χ1n) is 4.36. The van der Waals surface area contributed by atoms with Crippen LogP contribution in [-0.4, -0.2) is 19.4 Å². The van der Waals surface area contributed by atoms with Crippen LogP contribution >= 0.6 is 0 Å². The Kier molecular flexibility index (Phi) is 7.47. The van der Waals surface area contributed by atoms with E-state index in [1.54, 1.807) is 7.11 Å². The zero-order chi connectivity index (χ0) is 8.53. The van der Waals surface area contributed by atoms with Crippen LogP contribution in [0.5, 0.6) is 0 Å². The molecule has 0 aliphatic carbocycles. The lowest BCUT2D eigenvalue weighted by Crippen LogP contribution is -2.04. The topological polar surface area (TPSA) is 33.1 Å². The summed E-state index contributed by atoms with van der Waals surface area (Å²) in [7, 11) is 1.64. The first-order valence-corrected chi connectivity index (χ1v) is 4.36. The highest BCUT2D eigenvalue weighted by atomic mass is 16.5. The van der Waals surface area contributed by atoms with Gasteiger partial charge in [-0.05, 0) is 12.8 Å². The minimum absolute atomic E-state index is 0.506. The zero-order valence-corrected chi connectivity index (χ0v) is 7.65. The van der Waals surface area contributed by atoms with Gasteiger partial charge in [0.05, 0.1) is 6.61 Å². The quantitative estimate of drug-likeness (QED) is 0.447. The van der Waals surface area contributed by atoms with Gasteiger partial charge in [-0.25, -0.2) is 0 Å². The van der Waals surface area contributed by atoms with Crippen LogP contribution in [0.15, 0.2) is 0 Å². The van der Waals surface area contributed by atoms with E-state index in [-0.39, 0.29) is 0 Å². The average molecular weight is 157 g/mol. The zero-order valence-electron chi connectivity index (χ0n) is 7.65. The fourth-order valence-electron chi connectivity index (χ4n) is 1.01. The van der Waals surface area contributed by atoms with E-state index in [1.165, 1.54) is 19.3 Å². The molecule has 0 radical (unpaired) electrons. The maximum atomic E-state index is 7.40. The first kappa shape index (κ1) is 10.6. The number of rotatable bonds is 7. The van der Waals surface area contributed by atoms with Crippen LogP contribution in [0.25, 0.3) is 0 Å². The molecule has 0 saturated heterocycles. The Morgan fingerprint density at radius 2 is 2.00 bits per heavy atom. The molecule has 0 rings (SSSR count). The molecule has 11 heavy (non-hydrogen) atoms. The van der Waals surface area contributed by atoms with Crippen LogP contribution in [0.4, 0.5) is 0 Å². The van der Waals surface area contributed by atoms with E-state index in [4.69, 9.17) is 10.1 Å². The Bertz CT molecular complexity index is 102. The molecular formula is C9H19NO. The second-order valence-corrected chi connectivity index (χ2v) is 2.85. The minimum Gasteiger partial charge on any atom is -0.379 e. The lowest BCUT2D eigenvalue weighted by molar-refractivity contribution is 0.243. The van der Waals surface area contributed by atoms with Gasteiger partial charge in [-0.1, -0.05) is 26.2 Å². The molecule has 0 aromatic heterocycles. The standard InChI is InChI=1S/C9H19NO/c1-3-4-5-6-7-9(10)8-11-2/h10H,3-8H2,1-2H3. The van der Waals surface area contributed by atoms with Crippen molar-refractivity contribution in [3.05, 3.63) is 0 Å². The van der Waals surface area contributed by atoms with Gasteiger partial charge < -0.3 is 10.1 Å². The van der Waals surface area contributed by atoms with Gasteiger partial charge in [0, 0.05) is 12.8 Å². The second-order valence-electron chi connectivity index (χ2n) is 2.85. The molecule has 2 heteroatoms. The van der Waals surface area contributed by atoms with Crippen molar-refractivity contribution in [3.63, 3.8) is 0 Å². The summed E-state index contributed by atoms with van der Waals surface area (Å²) in [6.45, 7) is 2.70. The fourth-order valence-corrected chi connectivity index (χ4v) is 1.01. The minimum atomic E-state index is 0.506. The van der Waals surface area contributed by atoms with E-state index in [9.17, 15) is 0 Å². The van der Waals surface area contributed by atoms with E-state index in [2.05, 4.69) is 6.92 Å². The van der Waals surface area contributed by atoms with Crippen LogP contribution in [0.3, 0.4) is 0 Å². The molecular weight excluding hydrogens is 138 g/mol. The maximum absolute atomic E-state index is 7.40. The Labute approximate surface area is 69.5 Å². The van der Waals surface area contributed by atoms with Crippen molar-refractivity contribution in [1.29, 1.82) is 5.41 Å². The molecule has 0 bridgehead atoms. The summed E-state index contributed by atoms with van der Waals surface area (Å²) in [6.07, 6.45) is 5.87. The molecule has 2 nitrogen and oxygen atoms in total. The Morgan fingerprint density at radius 3 is 2.55 bits per heavy atom. The largest absolute Gasteiger partial charge is 0.379 e. The molecule has 1 N–H and O–H groups in total. The van der Waals surface area contributed by atoms with Crippen molar-refractivity contribution in [2.45, 2.75) is 39.0 Å². The molecule has 0 amide bonds. The third kappa shape index (κ3) is 7.53. The van der Waals surface area contributed by atoms with Gasteiger partial charge >= 0.3 is 0 Å². The molecule has 0 aliphatic heterocycles. The fraction of sp³-hybridized carbons (Fsp3) is 0.889. The highest BCUT2D eigenvalue weighted by molar-refractivity contribution is 5.82. The summed E-state index contributed by atoms with van der Waals surface area (Å²) in [6, 6.07) is 0. The van der Waals surface area contributed by atoms with Crippen molar-refractivity contribution >= 4 is 5.71 Å². The number of unbranched alkanes of at least 4 members (excludes halogenated alkanes) is 3. The summed E-state index contributed by atoms with van der Waals surface area (Å²) in [5.41, 5.74) is 0.726. The number of hydrogen-bond donors (Lipinski definition) is 1. The molecule has 0 unspecified atom stereocenters. The lowest BCUT2D eigenvalue weighted by Gasteiger charge is -2.01. The molecule has 0 saturated carbocycles. The van der Waals surface area contributed by atoms with Crippen LogP contribution in [0.2, 0.25) is 0 Å². The molecule has 0 fully saturated rings. The van der Waals surface area contributed by atoms with Gasteiger partial charge in [-0.15, -0.1) is 0 Å². The summed E-state index contributed by atoms with van der Waals surface area (Å²) in [4.78, 5) is 0. The summed E-state index contributed by atoms with van der Waals surface area (Å²) in [5, 5.41) is 7.40. The number of ether oxygens (including phenoxy) is 1. The molecule has 0 spiro atoms. The smallest absolute Gasteiger partial charge is 0.0837 e. The Balaban J connectivity index is 3.04. The highest BCUT2D eigenvalue weighted by Gasteiger charge is 1.94. The molecule has 0 atom stereocenters. The van der Waals surface area contributed by atoms with Crippen molar-refractivity contribution in [2.24, 2.45) is 0 Å². The van der Waals surface area contributed by atoms with Gasteiger partial charge in [0.25, 0.3) is 0 Å². The summed E-state index contributed by atoms with van der Waals surface area (Å²) < 4.78 is 4.84. The molecule has 66 valence electrons. The summed E-state index contributed by atoms with van der Waals surface area (Å²) in [5.74, 6) is 0. The predicted octanol–water partition coefficient (Wildman–Crippen LogP) is 2.62. The highest BCUT2D eigenvalue weighted by Crippen LogP contribution is 2.02. The number of methoxy groups -OCH3 is 1. The third-order valence-electron chi connectivity index (χ3n) is 1.65. The van der Waals surface area contributed by atoms with Crippen molar-refractivity contribution in [3.8, 4) is 0 Å². The van der Waals surface area contributed by atoms with E-state index in [0.717, 1.165) is 18.6 Å². The van der Waals surface area contributed by atoms with Crippen molar-refractivity contribution in [1.82, 2.24) is 0 Å². The van der Waals surface area contributed by atoms with Crippen LogP contribution < -0.4 is 0 Å². The van der Waals surface area contributed by atoms with E-state index < -0.39 is 0 Å². The normalized spacial score (nSPS) is 10.0. The van der Waals surface area contributed by atoms with Crippen molar-refractivity contribution < 1.29 is 4.74 Å². The van der Waals surface area contributed by atoms with Gasteiger partial charge in [-0.2, -0.15) is 0 Å². The van der Waals surface area contributed by atoms with Gasteiger partial charge in [0.2, 0.25) is 0 Å². The van der Waals surface area contributed by atoms with E-state index in [0.29, 0.717) is 6.61 Å². The van der Waals surface area contributed by atoms with Crippen molar-refractivity contribution in [2.75, 3.05) is 13.7 Å².